The van der Waals surface area contributed by atoms with Gasteiger partial charge in [0.15, 0.2) is 5.16 Å². The molecule has 0 unspecified atom stereocenters. The van der Waals surface area contributed by atoms with Crippen LogP contribution < -0.4 is 11.3 Å². The predicted octanol–water partition coefficient (Wildman–Crippen LogP) is 1.78. The molecule has 0 aliphatic carbocycles. The molecule has 2 rings (SSSR count). The molecule has 6 heteroatoms. The van der Waals surface area contributed by atoms with Crippen LogP contribution in [0, 0.1) is 5.82 Å². The number of aromatic nitrogens is 2. The van der Waals surface area contributed by atoms with Gasteiger partial charge in [-0.25, -0.2) is 9.37 Å². The zero-order chi connectivity index (χ0) is 12.3. The Bertz CT molecular complexity index is 568. The number of nitrogens with one attached hydrogen (secondary N) is 1. The lowest BCUT2D eigenvalue weighted by Crippen LogP contribution is -2.09. The number of anilines is 1. The molecule has 17 heavy (non-hydrogen) atoms. The summed E-state index contributed by atoms with van der Waals surface area (Å²) in [5, 5.41) is 0.458. The van der Waals surface area contributed by atoms with Crippen LogP contribution in [-0.4, -0.2) is 9.97 Å². The number of thioether (sulfide) groups is 1. The van der Waals surface area contributed by atoms with E-state index in [9.17, 15) is 9.18 Å². The highest BCUT2D eigenvalue weighted by molar-refractivity contribution is 7.98. The summed E-state index contributed by atoms with van der Waals surface area (Å²) in [7, 11) is 0. The molecule has 0 spiro atoms. The molecule has 0 amide bonds. The summed E-state index contributed by atoms with van der Waals surface area (Å²) in [6.45, 7) is 0. The van der Waals surface area contributed by atoms with E-state index in [1.807, 2.05) is 0 Å². The topological polar surface area (TPSA) is 71.8 Å². The number of rotatable bonds is 3. The first-order valence-electron chi connectivity index (χ1n) is 4.87. The van der Waals surface area contributed by atoms with E-state index in [1.54, 1.807) is 12.1 Å². The number of hydrogen-bond acceptors (Lipinski definition) is 4. The fraction of sp³-hybridized carbons (Fsp3) is 0.0909. The van der Waals surface area contributed by atoms with E-state index < -0.39 is 0 Å². The lowest BCUT2D eigenvalue weighted by Gasteiger charge is -2.01. The third-order valence-electron chi connectivity index (χ3n) is 2.03. The minimum atomic E-state index is -0.279. The molecule has 0 saturated heterocycles. The molecular formula is C11H10FN3OS. The van der Waals surface area contributed by atoms with Crippen molar-refractivity contribution < 1.29 is 4.39 Å². The number of nitrogens with two attached hydrogens (primary N) is 1. The second-order valence-electron chi connectivity index (χ2n) is 3.39. The molecule has 4 nitrogen and oxygen atoms in total. The quantitative estimate of drug-likeness (QED) is 0.644. The first-order valence-corrected chi connectivity index (χ1v) is 5.86. The van der Waals surface area contributed by atoms with Gasteiger partial charge in [0.05, 0.1) is 0 Å². The van der Waals surface area contributed by atoms with Gasteiger partial charge in [-0.3, -0.25) is 4.79 Å². The van der Waals surface area contributed by atoms with E-state index in [4.69, 9.17) is 5.73 Å². The van der Waals surface area contributed by atoms with Crippen molar-refractivity contribution in [3.8, 4) is 0 Å². The Morgan fingerprint density at radius 1 is 1.35 bits per heavy atom. The predicted molar refractivity (Wildman–Crippen MR) is 65.2 cm³/mol. The fourth-order valence-corrected chi connectivity index (χ4v) is 2.09. The van der Waals surface area contributed by atoms with Gasteiger partial charge < -0.3 is 10.7 Å². The maximum absolute atomic E-state index is 12.7. The molecule has 0 bridgehead atoms. The summed E-state index contributed by atoms with van der Waals surface area (Å²) in [5.41, 5.74) is 6.12. The number of nitrogen functional groups attached to an aromatic ring is 1. The zero-order valence-corrected chi connectivity index (χ0v) is 9.63. The van der Waals surface area contributed by atoms with Gasteiger partial charge in [-0.05, 0) is 17.7 Å². The molecule has 1 heterocycles. The number of halogens is 1. The van der Waals surface area contributed by atoms with Crippen LogP contribution in [0.25, 0.3) is 0 Å². The Hall–Kier alpha value is -1.82. The number of H-pyrrole nitrogens is 1. The molecule has 0 saturated carbocycles. The van der Waals surface area contributed by atoms with Crippen LogP contribution in [0.1, 0.15) is 5.56 Å². The van der Waals surface area contributed by atoms with Crippen molar-refractivity contribution in [3.05, 3.63) is 52.1 Å². The van der Waals surface area contributed by atoms with Gasteiger partial charge >= 0.3 is 0 Å². The van der Waals surface area contributed by atoms with Crippen LogP contribution in [0.2, 0.25) is 0 Å². The lowest BCUT2D eigenvalue weighted by atomic mass is 10.2. The molecular weight excluding hydrogens is 241 g/mol. The molecule has 0 atom stereocenters. The van der Waals surface area contributed by atoms with Crippen LogP contribution >= 0.6 is 11.8 Å². The van der Waals surface area contributed by atoms with Crippen molar-refractivity contribution in [2.45, 2.75) is 10.9 Å². The van der Waals surface area contributed by atoms with Gasteiger partial charge in [-0.1, -0.05) is 23.9 Å². The highest BCUT2D eigenvalue weighted by Crippen LogP contribution is 2.18. The Balaban J connectivity index is 2.07. The number of nitrogens with zero attached hydrogens (tertiary/aromatic N) is 1. The first-order chi connectivity index (χ1) is 8.13. The normalized spacial score (nSPS) is 10.4. The van der Waals surface area contributed by atoms with Crippen LogP contribution in [0.15, 0.2) is 40.3 Å². The van der Waals surface area contributed by atoms with Gasteiger partial charge in [0.1, 0.15) is 11.6 Å². The van der Waals surface area contributed by atoms with Crippen LogP contribution in [-0.2, 0) is 5.75 Å². The van der Waals surface area contributed by atoms with Crippen molar-refractivity contribution in [1.29, 1.82) is 0 Å². The van der Waals surface area contributed by atoms with Crippen molar-refractivity contribution >= 4 is 17.6 Å². The maximum atomic E-state index is 12.7. The summed E-state index contributed by atoms with van der Waals surface area (Å²) in [4.78, 5) is 17.7. The molecule has 0 aliphatic rings. The summed E-state index contributed by atoms with van der Waals surface area (Å²) in [6.07, 6.45) is 0. The Labute approximate surface area is 101 Å². The third-order valence-corrected chi connectivity index (χ3v) is 2.97. The molecule has 0 radical (unpaired) electrons. The summed E-state index contributed by atoms with van der Waals surface area (Å²) >= 11 is 1.34. The second kappa shape index (κ2) is 5.01. The van der Waals surface area contributed by atoms with E-state index in [1.165, 1.54) is 30.0 Å². The molecule has 3 N–H and O–H groups in total. The smallest absolute Gasteiger partial charge is 0.253 e. The van der Waals surface area contributed by atoms with E-state index in [0.717, 1.165) is 5.56 Å². The second-order valence-corrected chi connectivity index (χ2v) is 4.35. The van der Waals surface area contributed by atoms with Crippen molar-refractivity contribution in [3.63, 3.8) is 0 Å². The van der Waals surface area contributed by atoms with E-state index in [0.29, 0.717) is 10.9 Å². The average molecular weight is 251 g/mol. The summed E-state index contributed by atoms with van der Waals surface area (Å²) in [6, 6.07) is 7.39. The monoisotopic (exact) mass is 251 g/mol. The molecule has 1 aromatic heterocycles. The van der Waals surface area contributed by atoms with Crippen molar-refractivity contribution in [2.75, 3.05) is 5.73 Å². The van der Waals surface area contributed by atoms with Gasteiger partial charge in [0, 0.05) is 11.8 Å². The molecule has 0 fully saturated rings. The Morgan fingerprint density at radius 2 is 2.06 bits per heavy atom. The molecule has 0 aliphatic heterocycles. The average Bonchev–Trinajstić information content (AvgIpc) is 2.27. The minimum Gasteiger partial charge on any atom is -0.383 e. The van der Waals surface area contributed by atoms with E-state index >= 15 is 0 Å². The largest absolute Gasteiger partial charge is 0.383 e. The van der Waals surface area contributed by atoms with E-state index in [-0.39, 0.29) is 17.2 Å². The standard InChI is InChI=1S/C11H10FN3OS/c12-8-3-1-7(2-4-8)6-17-11-14-9(13)5-10(16)15-11/h1-5H,6H2,(H3,13,14,15,16). The minimum absolute atomic E-state index is 0.190. The fourth-order valence-electron chi connectivity index (χ4n) is 1.25. The molecule has 88 valence electrons. The third kappa shape index (κ3) is 3.32. The van der Waals surface area contributed by atoms with Crippen LogP contribution in [0.3, 0.4) is 0 Å². The van der Waals surface area contributed by atoms with E-state index in [2.05, 4.69) is 9.97 Å². The van der Waals surface area contributed by atoms with Gasteiger partial charge in [0.2, 0.25) is 0 Å². The van der Waals surface area contributed by atoms with Crippen LogP contribution in [0.5, 0.6) is 0 Å². The van der Waals surface area contributed by atoms with Gasteiger partial charge in [-0.2, -0.15) is 0 Å². The lowest BCUT2D eigenvalue weighted by molar-refractivity contribution is 0.627. The number of benzene rings is 1. The van der Waals surface area contributed by atoms with Crippen molar-refractivity contribution in [2.24, 2.45) is 0 Å². The SMILES string of the molecule is Nc1cc(=O)[nH]c(SCc2ccc(F)cc2)n1. The van der Waals surface area contributed by atoms with Crippen molar-refractivity contribution in [1.82, 2.24) is 9.97 Å². The van der Waals surface area contributed by atoms with Gasteiger partial charge in [-0.15, -0.1) is 0 Å². The molecule has 2 aromatic rings. The Morgan fingerprint density at radius 3 is 2.71 bits per heavy atom. The van der Waals surface area contributed by atoms with Gasteiger partial charge in [0.25, 0.3) is 5.56 Å². The Kier molecular flexibility index (Phi) is 3.43. The number of hydrogen-bond donors (Lipinski definition) is 2. The maximum Gasteiger partial charge on any atom is 0.253 e. The highest BCUT2D eigenvalue weighted by atomic mass is 32.2. The highest BCUT2D eigenvalue weighted by Gasteiger charge is 2.01. The molecule has 1 aromatic carbocycles. The summed E-state index contributed by atoms with van der Waals surface area (Å²) in [5.74, 6) is 0.511. The summed E-state index contributed by atoms with van der Waals surface area (Å²) < 4.78 is 12.7. The van der Waals surface area contributed by atoms with Crippen LogP contribution in [0.4, 0.5) is 10.2 Å². The zero-order valence-electron chi connectivity index (χ0n) is 8.81. The first kappa shape index (κ1) is 11.7. The number of aromatic amines is 1.